The van der Waals surface area contributed by atoms with Crippen molar-refractivity contribution in [3.05, 3.63) is 33.1 Å². The fraction of sp³-hybridized carbons (Fsp3) is 0.600. The Bertz CT molecular complexity index is 769. The first-order chi connectivity index (χ1) is 11.8. The number of nitrogens with one attached hydrogen (secondary N) is 1. The highest BCUT2D eigenvalue weighted by molar-refractivity contribution is 5.89. The van der Waals surface area contributed by atoms with Crippen LogP contribution >= 0.6 is 0 Å². The minimum absolute atomic E-state index is 0.0195. The highest BCUT2D eigenvalue weighted by Gasteiger charge is 2.62. The summed E-state index contributed by atoms with van der Waals surface area (Å²) >= 11 is 0. The van der Waals surface area contributed by atoms with Gasteiger partial charge in [-0.3, -0.25) is 23.9 Å². The number of H-pyrrole nitrogens is 1. The number of esters is 1. The van der Waals surface area contributed by atoms with Gasteiger partial charge in [-0.1, -0.05) is 13.8 Å². The summed E-state index contributed by atoms with van der Waals surface area (Å²) in [6.45, 7) is 2.35. The van der Waals surface area contributed by atoms with Crippen molar-refractivity contribution >= 4 is 11.8 Å². The molecule has 0 amide bonds. The monoisotopic (exact) mass is 356 g/mol. The molecule has 1 saturated heterocycles. The van der Waals surface area contributed by atoms with Crippen LogP contribution in [0.15, 0.2) is 21.9 Å². The number of aromatic nitrogens is 2. The van der Waals surface area contributed by atoms with E-state index in [1.54, 1.807) is 0 Å². The number of hydrogen-bond donors (Lipinski definition) is 3. The lowest BCUT2D eigenvalue weighted by atomic mass is 9.87. The van der Waals surface area contributed by atoms with Crippen LogP contribution < -0.4 is 11.2 Å². The van der Waals surface area contributed by atoms with E-state index >= 15 is 0 Å². The maximum atomic E-state index is 12.4. The van der Waals surface area contributed by atoms with Gasteiger partial charge in [-0.2, -0.15) is 0 Å². The third-order valence-corrected chi connectivity index (χ3v) is 4.05. The molecule has 1 aliphatic rings. The van der Waals surface area contributed by atoms with E-state index in [9.17, 15) is 29.4 Å². The summed E-state index contributed by atoms with van der Waals surface area (Å²) in [6, 6.07) is 1.01. The van der Waals surface area contributed by atoms with E-state index in [2.05, 4.69) is 0 Å². The molecule has 1 aliphatic heterocycles. The molecule has 0 unspecified atom stereocenters. The van der Waals surface area contributed by atoms with E-state index in [0.717, 1.165) is 16.8 Å². The van der Waals surface area contributed by atoms with Crippen LogP contribution in [0.2, 0.25) is 0 Å². The predicted molar refractivity (Wildman–Crippen MR) is 82.7 cm³/mol. The molecule has 1 aromatic rings. The summed E-state index contributed by atoms with van der Waals surface area (Å²) in [5.74, 6) is -1.44. The first-order valence-electron chi connectivity index (χ1n) is 7.82. The van der Waals surface area contributed by atoms with Crippen LogP contribution in [0.4, 0.5) is 0 Å². The van der Waals surface area contributed by atoms with Crippen molar-refractivity contribution in [2.75, 3.05) is 6.61 Å². The maximum absolute atomic E-state index is 12.4. The van der Waals surface area contributed by atoms with Crippen molar-refractivity contribution < 1.29 is 29.3 Å². The van der Waals surface area contributed by atoms with Gasteiger partial charge in [0.25, 0.3) is 5.56 Å². The molecule has 1 aromatic heterocycles. The number of carbonyl (C=O) groups excluding carboxylic acids is 2. The topological polar surface area (TPSA) is 148 Å². The summed E-state index contributed by atoms with van der Waals surface area (Å²) in [7, 11) is 0. The Kier molecular flexibility index (Phi) is 5.55. The Labute approximate surface area is 142 Å². The molecule has 0 radical (unpaired) electrons. The van der Waals surface area contributed by atoms with Gasteiger partial charge in [0.2, 0.25) is 5.60 Å². The second-order valence-corrected chi connectivity index (χ2v) is 5.59. The van der Waals surface area contributed by atoms with Gasteiger partial charge in [0.15, 0.2) is 18.1 Å². The van der Waals surface area contributed by atoms with E-state index in [-0.39, 0.29) is 12.8 Å². The van der Waals surface area contributed by atoms with Crippen LogP contribution in [-0.4, -0.2) is 55.9 Å². The number of ketones is 1. The third-order valence-electron chi connectivity index (χ3n) is 4.05. The zero-order valence-electron chi connectivity index (χ0n) is 13.8. The van der Waals surface area contributed by atoms with Crippen molar-refractivity contribution in [3.8, 4) is 0 Å². The summed E-state index contributed by atoms with van der Waals surface area (Å²) in [5, 5.41) is 20.6. The summed E-state index contributed by atoms with van der Waals surface area (Å²) in [6.07, 6.45) is -3.39. The fourth-order valence-corrected chi connectivity index (χ4v) is 2.76. The molecule has 138 valence electrons. The molecule has 0 bridgehead atoms. The summed E-state index contributed by atoms with van der Waals surface area (Å²) < 4.78 is 11.4. The molecule has 0 saturated carbocycles. The number of ether oxygens (including phenoxy) is 2. The second kappa shape index (κ2) is 7.30. The first kappa shape index (κ1) is 19.0. The largest absolute Gasteiger partial charge is 0.456 e. The number of hydrogen-bond acceptors (Lipinski definition) is 8. The second-order valence-electron chi connectivity index (χ2n) is 5.59. The predicted octanol–water partition coefficient (Wildman–Crippen LogP) is -1.54. The van der Waals surface area contributed by atoms with Crippen LogP contribution in [0.5, 0.6) is 0 Å². The number of aromatic amines is 1. The molecule has 3 N–H and O–H groups in total. The molecular formula is C15H20N2O8. The SMILES string of the molecule is CCC(=O)O[C@@H]1[C@@H](CO)O[C@@H](n2ccc(=O)[nH]c2=O)[C@@]1(O)C(=O)CC. The summed E-state index contributed by atoms with van der Waals surface area (Å²) in [4.78, 5) is 49.4. The smallest absolute Gasteiger partial charge is 0.330 e. The number of carbonyl (C=O) groups is 2. The van der Waals surface area contributed by atoms with Crippen LogP contribution in [-0.2, 0) is 19.1 Å². The van der Waals surface area contributed by atoms with Gasteiger partial charge in [-0.25, -0.2) is 4.79 Å². The number of nitrogens with zero attached hydrogens (tertiary/aromatic N) is 1. The van der Waals surface area contributed by atoms with E-state index in [0.29, 0.717) is 0 Å². The van der Waals surface area contributed by atoms with Crippen LogP contribution in [0.25, 0.3) is 0 Å². The average molecular weight is 356 g/mol. The fourth-order valence-electron chi connectivity index (χ4n) is 2.76. The zero-order chi connectivity index (χ0) is 18.8. The molecule has 4 atom stereocenters. The van der Waals surface area contributed by atoms with E-state index in [1.165, 1.54) is 13.8 Å². The molecule has 10 nitrogen and oxygen atoms in total. The van der Waals surface area contributed by atoms with E-state index < -0.39 is 53.6 Å². The van der Waals surface area contributed by atoms with Crippen LogP contribution in [0, 0.1) is 0 Å². The summed E-state index contributed by atoms with van der Waals surface area (Å²) in [5.41, 5.74) is -3.98. The highest BCUT2D eigenvalue weighted by Crippen LogP contribution is 2.41. The minimum atomic E-state index is -2.39. The van der Waals surface area contributed by atoms with Crippen molar-refractivity contribution in [3.63, 3.8) is 0 Å². The Morgan fingerprint density at radius 3 is 2.56 bits per heavy atom. The lowest BCUT2D eigenvalue weighted by molar-refractivity contribution is -0.173. The lowest BCUT2D eigenvalue weighted by Crippen LogP contribution is -2.56. The molecule has 25 heavy (non-hydrogen) atoms. The highest BCUT2D eigenvalue weighted by atomic mass is 16.6. The van der Waals surface area contributed by atoms with Gasteiger partial charge in [0, 0.05) is 25.1 Å². The minimum Gasteiger partial charge on any atom is -0.456 e. The quantitative estimate of drug-likeness (QED) is 0.519. The third kappa shape index (κ3) is 3.28. The molecule has 0 aromatic carbocycles. The Morgan fingerprint density at radius 1 is 1.36 bits per heavy atom. The van der Waals surface area contributed by atoms with E-state index in [4.69, 9.17) is 9.47 Å². The average Bonchev–Trinajstić information content (AvgIpc) is 2.87. The standard InChI is InChI=1S/C15H20N2O8/c1-3-9(19)15(23)12(25-11(21)4-2)8(7-18)24-13(15)17-6-5-10(20)16-14(17)22/h5-6,8,12-13,18,23H,3-4,7H2,1-2H3,(H,16,20,22)/t8-,12-,13-,15-/m1/s1. The Hall–Kier alpha value is -2.30. The molecule has 10 heteroatoms. The molecule has 0 spiro atoms. The number of rotatable bonds is 6. The van der Waals surface area contributed by atoms with Gasteiger partial charge in [-0.15, -0.1) is 0 Å². The van der Waals surface area contributed by atoms with Gasteiger partial charge in [0.1, 0.15) is 6.10 Å². The normalized spacial score (nSPS) is 28.7. The number of aliphatic hydroxyl groups excluding tert-OH is 1. The molecule has 2 heterocycles. The van der Waals surface area contributed by atoms with Crippen molar-refractivity contribution in [2.45, 2.75) is 50.7 Å². The van der Waals surface area contributed by atoms with Crippen molar-refractivity contribution in [1.82, 2.24) is 9.55 Å². The zero-order valence-corrected chi connectivity index (χ0v) is 13.8. The van der Waals surface area contributed by atoms with Crippen molar-refractivity contribution in [1.29, 1.82) is 0 Å². The van der Waals surface area contributed by atoms with Gasteiger partial charge in [-0.05, 0) is 0 Å². The number of aliphatic hydroxyl groups is 2. The van der Waals surface area contributed by atoms with Gasteiger partial charge < -0.3 is 19.7 Å². The molecular weight excluding hydrogens is 336 g/mol. The van der Waals surface area contributed by atoms with Gasteiger partial charge >= 0.3 is 11.7 Å². The molecule has 2 rings (SSSR count). The lowest BCUT2D eigenvalue weighted by Gasteiger charge is -2.31. The van der Waals surface area contributed by atoms with Gasteiger partial charge in [0.05, 0.1) is 6.61 Å². The van der Waals surface area contributed by atoms with Crippen LogP contribution in [0.3, 0.4) is 0 Å². The first-order valence-corrected chi connectivity index (χ1v) is 7.82. The number of Topliss-reactive ketones (excluding diaryl/α,β-unsaturated/α-hetero) is 1. The molecule has 0 aliphatic carbocycles. The van der Waals surface area contributed by atoms with E-state index in [1.807, 2.05) is 4.98 Å². The molecule has 1 fully saturated rings. The van der Waals surface area contributed by atoms with Crippen molar-refractivity contribution in [2.24, 2.45) is 0 Å². The Balaban J connectivity index is 2.58. The van der Waals surface area contributed by atoms with Crippen LogP contribution in [0.1, 0.15) is 32.9 Å². The Morgan fingerprint density at radius 2 is 2.04 bits per heavy atom. The maximum Gasteiger partial charge on any atom is 0.330 e.